The zero-order valence-corrected chi connectivity index (χ0v) is 10.8. The van der Waals surface area contributed by atoms with Crippen molar-refractivity contribution in [3.05, 3.63) is 53.7 Å². The van der Waals surface area contributed by atoms with Crippen LogP contribution in [0.3, 0.4) is 0 Å². The van der Waals surface area contributed by atoms with Crippen molar-refractivity contribution in [2.24, 2.45) is 5.84 Å². The number of rotatable bonds is 4. The SMILES string of the molecule is CN(C)c1ccc(C(NN)c2ccncc2F)cn1. The summed E-state index contributed by atoms with van der Waals surface area (Å²) in [6.45, 7) is 0. The van der Waals surface area contributed by atoms with Gasteiger partial charge in [-0.3, -0.25) is 10.8 Å². The van der Waals surface area contributed by atoms with Gasteiger partial charge in [0.2, 0.25) is 0 Å². The van der Waals surface area contributed by atoms with Crippen molar-refractivity contribution in [1.29, 1.82) is 0 Å². The van der Waals surface area contributed by atoms with E-state index in [0.29, 0.717) is 5.56 Å². The topological polar surface area (TPSA) is 67.1 Å². The van der Waals surface area contributed by atoms with Gasteiger partial charge in [0.15, 0.2) is 0 Å². The lowest BCUT2D eigenvalue weighted by Crippen LogP contribution is -2.29. The Labute approximate surface area is 111 Å². The van der Waals surface area contributed by atoms with E-state index in [-0.39, 0.29) is 0 Å². The summed E-state index contributed by atoms with van der Waals surface area (Å²) in [4.78, 5) is 9.91. The van der Waals surface area contributed by atoms with Crippen molar-refractivity contribution in [3.63, 3.8) is 0 Å². The lowest BCUT2D eigenvalue weighted by molar-refractivity contribution is 0.555. The maximum Gasteiger partial charge on any atom is 0.146 e. The monoisotopic (exact) mass is 261 g/mol. The van der Waals surface area contributed by atoms with Crippen LogP contribution in [0.1, 0.15) is 17.2 Å². The molecule has 100 valence electrons. The Bertz CT molecular complexity index is 541. The van der Waals surface area contributed by atoms with Gasteiger partial charge in [-0.05, 0) is 17.7 Å². The second kappa shape index (κ2) is 5.73. The van der Waals surface area contributed by atoms with E-state index in [2.05, 4.69) is 15.4 Å². The zero-order valence-electron chi connectivity index (χ0n) is 10.8. The fourth-order valence-electron chi connectivity index (χ4n) is 1.82. The smallest absolute Gasteiger partial charge is 0.146 e. The Morgan fingerprint density at radius 1 is 1.26 bits per heavy atom. The highest BCUT2D eigenvalue weighted by Gasteiger charge is 2.16. The van der Waals surface area contributed by atoms with E-state index >= 15 is 0 Å². The van der Waals surface area contributed by atoms with Crippen molar-refractivity contribution in [2.75, 3.05) is 19.0 Å². The number of anilines is 1. The second-order valence-electron chi connectivity index (χ2n) is 4.34. The Hall–Kier alpha value is -2.05. The summed E-state index contributed by atoms with van der Waals surface area (Å²) in [6, 6.07) is 4.87. The highest BCUT2D eigenvalue weighted by molar-refractivity contribution is 5.39. The molecule has 0 aliphatic rings. The normalized spacial score (nSPS) is 12.2. The maximum absolute atomic E-state index is 13.7. The predicted octanol–water partition coefficient (Wildman–Crippen LogP) is 1.23. The quantitative estimate of drug-likeness (QED) is 0.640. The number of nitrogens with one attached hydrogen (secondary N) is 1. The molecule has 3 N–H and O–H groups in total. The Kier molecular flexibility index (Phi) is 4.03. The summed E-state index contributed by atoms with van der Waals surface area (Å²) in [5.41, 5.74) is 3.83. The van der Waals surface area contributed by atoms with Gasteiger partial charge in [-0.15, -0.1) is 0 Å². The van der Waals surface area contributed by atoms with Crippen LogP contribution in [0.4, 0.5) is 10.2 Å². The van der Waals surface area contributed by atoms with Crippen molar-refractivity contribution in [1.82, 2.24) is 15.4 Å². The molecule has 0 bridgehead atoms. The first-order chi connectivity index (χ1) is 9.13. The van der Waals surface area contributed by atoms with Crippen LogP contribution in [-0.4, -0.2) is 24.1 Å². The lowest BCUT2D eigenvalue weighted by atomic mass is 10.0. The zero-order chi connectivity index (χ0) is 13.8. The maximum atomic E-state index is 13.7. The highest BCUT2D eigenvalue weighted by Crippen LogP contribution is 2.23. The third-order valence-electron chi connectivity index (χ3n) is 2.84. The minimum atomic E-state index is -0.452. The molecular formula is C13H16FN5. The van der Waals surface area contributed by atoms with Crippen LogP contribution in [0.2, 0.25) is 0 Å². The first kappa shape index (κ1) is 13.4. The molecule has 2 heterocycles. The molecule has 19 heavy (non-hydrogen) atoms. The first-order valence-corrected chi connectivity index (χ1v) is 5.82. The summed E-state index contributed by atoms with van der Waals surface area (Å²) in [5.74, 6) is 5.96. The molecule has 0 saturated heterocycles. The van der Waals surface area contributed by atoms with Crippen LogP contribution >= 0.6 is 0 Å². The number of nitrogens with two attached hydrogens (primary N) is 1. The molecular weight excluding hydrogens is 245 g/mol. The van der Waals surface area contributed by atoms with Gasteiger partial charge in [0.25, 0.3) is 0 Å². The van der Waals surface area contributed by atoms with Gasteiger partial charge < -0.3 is 4.90 Å². The van der Waals surface area contributed by atoms with Crippen LogP contribution in [0.25, 0.3) is 0 Å². The number of hydrazine groups is 1. The third kappa shape index (κ3) is 2.86. The van der Waals surface area contributed by atoms with Crippen molar-refractivity contribution in [3.8, 4) is 0 Å². The minimum absolute atomic E-state index is 0.401. The first-order valence-electron chi connectivity index (χ1n) is 5.82. The Balaban J connectivity index is 2.35. The summed E-state index contributed by atoms with van der Waals surface area (Å²) >= 11 is 0. The second-order valence-corrected chi connectivity index (χ2v) is 4.34. The number of halogens is 1. The molecule has 2 aromatic heterocycles. The number of pyridine rings is 2. The van der Waals surface area contributed by atoms with Crippen LogP contribution in [0.5, 0.6) is 0 Å². The van der Waals surface area contributed by atoms with Crippen molar-refractivity contribution < 1.29 is 4.39 Å². The van der Waals surface area contributed by atoms with E-state index in [1.807, 2.05) is 31.1 Å². The van der Waals surface area contributed by atoms with Crippen molar-refractivity contribution in [2.45, 2.75) is 6.04 Å². The average molecular weight is 261 g/mol. The van der Waals surface area contributed by atoms with Gasteiger partial charge in [0.1, 0.15) is 11.6 Å². The molecule has 2 rings (SSSR count). The number of nitrogens with zero attached hydrogens (tertiary/aromatic N) is 3. The predicted molar refractivity (Wildman–Crippen MR) is 71.9 cm³/mol. The van der Waals surface area contributed by atoms with Gasteiger partial charge in [-0.1, -0.05) is 6.07 Å². The van der Waals surface area contributed by atoms with Crippen LogP contribution in [0.15, 0.2) is 36.8 Å². The van der Waals surface area contributed by atoms with E-state index in [1.54, 1.807) is 12.3 Å². The molecule has 0 aromatic carbocycles. The standard InChI is InChI=1S/C13H16FN5/c1-19(2)12-4-3-9(7-17-12)13(18-15)10-5-6-16-8-11(10)14/h3-8,13,18H,15H2,1-2H3. The third-order valence-corrected chi connectivity index (χ3v) is 2.84. The van der Waals surface area contributed by atoms with Gasteiger partial charge >= 0.3 is 0 Å². The van der Waals surface area contributed by atoms with Crippen LogP contribution in [0, 0.1) is 5.82 Å². The van der Waals surface area contributed by atoms with E-state index < -0.39 is 11.9 Å². The fourth-order valence-corrected chi connectivity index (χ4v) is 1.82. The van der Waals surface area contributed by atoms with E-state index in [1.165, 1.54) is 12.4 Å². The lowest BCUT2D eigenvalue weighted by Gasteiger charge is -2.18. The molecule has 0 saturated carbocycles. The fraction of sp³-hybridized carbons (Fsp3) is 0.231. The minimum Gasteiger partial charge on any atom is -0.363 e. The Morgan fingerprint density at radius 2 is 2.05 bits per heavy atom. The van der Waals surface area contributed by atoms with Crippen LogP contribution < -0.4 is 16.2 Å². The van der Waals surface area contributed by atoms with Crippen LogP contribution in [-0.2, 0) is 0 Å². The summed E-state index contributed by atoms with van der Waals surface area (Å²) in [6.07, 6.45) is 4.38. The van der Waals surface area contributed by atoms with Gasteiger partial charge in [0, 0.05) is 32.1 Å². The van der Waals surface area contributed by atoms with Gasteiger partial charge in [-0.2, -0.15) is 0 Å². The van der Waals surface area contributed by atoms with Gasteiger partial charge in [0.05, 0.1) is 12.2 Å². The molecule has 0 spiro atoms. The van der Waals surface area contributed by atoms with Crippen molar-refractivity contribution >= 4 is 5.82 Å². The molecule has 2 aromatic rings. The highest BCUT2D eigenvalue weighted by atomic mass is 19.1. The molecule has 0 radical (unpaired) electrons. The Morgan fingerprint density at radius 3 is 2.58 bits per heavy atom. The van der Waals surface area contributed by atoms with Gasteiger partial charge in [-0.25, -0.2) is 14.8 Å². The van der Waals surface area contributed by atoms with E-state index in [9.17, 15) is 4.39 Å². The summed E-state index contributed by atoms with van der Waals surface area (Å²) in [5, 5.41) is 0. The molecule has 0 aliphatic heterocycles. The molecule has 0 fully saturated rings. The van der Waals surface area contributed by atoms with E-state index in [0.717, 1.165) is 11.4 Å². The summed E-state index contributed by atoms with van der Waals surface area (Å²) in [7, 11) is 3.81. The summed E-state index contributed by atoms with van der Waals surface area (Å²) < 4.78 is 13.7. The molecule has 6 heteroatoms. The molecule has 1 unspecified atom stereocenters. The molecule has 5 nitrogen and oxygen atoms in total. The van der Waals surface area contributed by atoms with E-state index in [4.69, 9.17) is 5.84 Å². The molecule has 0 amide bonds. The number of hydrogen-bond acceptors (Lipinski definition) is 5. The average Bonchev–Trinajstić information content (AvgIpc) is 2.42. The number of aromatic nitrogens is 2. The number of hydrogen-bond donors (Lipinski definition) is 2. The molecule has 1 atom stereocenters. The largest absolute Gasteiger partial charge is 0.363 e. The molecule has 0 aliphatic carbocycles.